The fourth-order valence-corrected chi connectivity index (χ4v) is 7.81. The van der Waals surface area contributed by atoms with Crippen LogP contribution in [0.2, 0.25) is 0 Å². The lowest BCUT2D eigenvalue weighted by molar-refractivity contribution is 0.818. The SMILES string of the molecule is CC1SC1CSC(C1SC1C)C1SC1C. The summed E-state index contributed by atoms with van der Waals surface area (Å²) < 4.78 is 0. The lowest BCUT2D eigenvalue weighted by atomic mass is 10.2. The van der Waals surface area contributed by atoms with E-state index in [0.717, 1.165) is 36.7 Å². The van der Waals surface area contributed by atoms with Crippen molar-refractivity contribution in [3.05, 3.63) is 0 Å². The molecule has 6 atom stereocenters. The summed E-state index contributed by atoms with van der Waals surface area (Å²) in [6.07, 6.45) is 0. The average Bonchev–Trinajstić information content (AvgIpc) is 3.06. The van der Waals surface area contributed by atoms with Gasteiger partial charge in [0.15, 0.2) is 0 Å². The van der Waals surface area contributed by atoms with Crippen molar-refractivity contribution in [2.24, 2.45) is 0 Å². The van der Waals surface area contributed by atoms with Crippen molar-refractivity contribution in [3.8, 4) is 0 Å². The third kappa shape index (κ3) is 2.63. The van der Waals surface area contributed by atoms with E-state index in [1.807, 2.05) is 0 Å². The van der Waals surface area contributed by atoms with Gasteiger partial charge in [-0.15, -0.1) is 0 Å². The van der Waals surface area contributed by atoms with Crippen molar-refractivity contribution < 1.29 is 0 Å². The van der Waals surface area contributed by atoms with Gasteiger partial charge in [0.05, 0.1) is 0 Å². The van der Waals surface area contributed by atoms with E-state index in [1.165, 1.54) is 5.75 Å². The molecule has 15 heavy (non-hydrogen) atoms. The first-order valence-corrected chi connectivity index (χ1v) is 9.62. The van der Waals surface area contributed by atoms with E-state index < -0.39 is 0 Å². The second-order valence-corrected chi connectivity index (χ2v) is 10.7. The second-order valence-electron chi connectivity index (χ2n) is 4.79. The Kier molecular flexibility index (Phi) is 3.26. The van der Waals surface area contributed by atoms with E-state index in [2.05, 4.69) is 67.8 Å². The number of hydrogen-bond acceptors (Lipinski definition) is 4. The van der Waals surface area contributed by atoms with Crippen LogP contribution in [-0.2, 0) is 0 Å². The lowest BCUT2D eigenvalue weighted by Crippen LogP contribution is -2.21. The van der Waals surface area contributed by atoms with Crippen LogP contribution in [0.15, 0.2) is 0 Å². The Bertz CT molecular complexity index is 241. The molecule has 4 heteroatoms. The van der Waals surface area contributed by atoms with E-state index in [0.29, 0.717) is 0 Å². The molecule has 0 spiro atoms. The molecule has 3 heterocycles. The molecule has 0 N–H and O–H groups in total. The molecule has 3 aliphatic rings. The van der Waals surface area contributed by atoms with Gasteiger partial charge >= 0.3 is 0 Å². The van der Waals surface area contributed by atoms with Gasteiger partial charge in [-0.05, 0) is 0 Å². The topological polar surface area (TPSA) is 0 Å². The smallest absolute Gasteiger partial charge is 0.0307 e. The Hall–Kier alpha value is 1.40. The Labute approximate surface area is 110 Å². The number of rotatable bonds is 5. The van der Waals surface area contributed by atoms with E-state index >= 15 is 0 Å². The molecule has 0 saturated carbocycles. The lowest BCUT2D eigenvalue weighted by Gasteiger charge is -2.13. The maximum absolute atomic E-state index is 2.40. The van der Waals surface area contributed by atoms with Crippen molar-refractivity contribution in [2.75, 3.05) is 5.75 Å². The molecule has 3 rings (SSSR count). The van der Waals surface area contributed by atoms with Gasteiger partial charge in [0.2, 0.25) is 0 Å². The summed E-state index contributed by atoms with van der Waals surface area (Å²) in [5, 5.41) is 6.74. The van der Waals surface area contributed by atoms with Crippen LogP contribution in [0.4, 0.5) is 0 Å². The quantitative estimate of drug-likeness (QED) is 0.704. The van der Waals surface area contributed by atoms with Gasteiger partial charge in [0.1, 0.15) is 0 Å². The maximum Gasteiger partial charge on any atom is 0.0307 e. The molecule has 3 saturated heterocycles. The molecule has 0 aromatic rings. The molecule has 0 radical (unpaired) electrons. The summed E-state index contributed by atoms with van der Waals surface area (Å²) in [7, 11) is 0. The zero-order valence-corrected chi connectivity index (χ0v) is 12.6. The Morgan fingerprint density at radius 1 is 0.933 bits per heavy atom. The van der Waals surface area contributed by atoms with E-state index in [-0.39, 0.29) is 0 Å². The first-order chi connectivity index (χ1) is 7.16. The number of thioether (sulfide) groups is 4. The van der Waals surface area contributed by atoms with Gasteiger partial charge < -0.3 is 0 Å². The highest BCUT2D eigenvalue weighted by Crippen LogP contribution is 2.57. The predicted octanol–water partition coefficient (Wildman–Crippen LogP) is 3.60. The fraction of sp³-hybridized carbons (Fsp3) is 1.00. The fourth-order valence-electron chi connectivity index (χ4n) is 2.08. The maximum atomic E-state index is 2.40. The Morgan fingerprint density at radius 3 is 1.73 bits per heavy atom. The summed E-state index contributed by atoms with van der Waals surface area (Å²) in [4.78, 5) is 0. The predicted molar refractivity (Wildman–Crippen MR) is 78.8 cm³/mol. The van der Waals surface area contributed by atoms with Crippen LogP contribution >= 0.6 is 47.0 Å². The molecule has 86 valence electrons. The normalized spacial score (nSPS) is 53.8. The van der Waals surface area contributed by atoms with Gasteiger partial charge in [-0.3, -0.25) is 0 Å². The van der Waals surface area contributed by atoms with Gasteiger partial charge in [-0.2, -0.15) is 47.0 Å². The van der Waals surface area contributed by atoms with Gasteiger partial charge in [0.25, 0.3) is 0 Å². The highest BCUT2D eigenvalue weighted by atomic mass is 32.2. The summed E-state index contributed by atoms with van der Waals surface area (Å²) in [5.74, 6) is 1.41. The van der Waals surface area contributed by atoms with Crippen molar-refractivity contribution in [3.63, 3.8) is 0 Å². The Balaban J connectivity index is 1.49. The van der Waals surface area contributed by atoms with Crippen LogP contribution in [0.1, 0.15) is 20.8 Å². The molecule has 3 fully saturated rings. The van der Waals surface area contributed by atoms with Crippen molar-refractivity contribution >= 4 is 47.0 Å². The Morgan fingerprint density at radius 2 is 1.40 bits per heavy atom. The van der Waals surface area contributed by atoms with Crippen molar-refractivity contribution in [2.45, 2.75) is 57.5 Å². The molecule has 0 aromatic heterocycles. The van der Waals surface area contributed by atoms with Crippen LogP contribution in [0.25, 0.3) is 0 Å². The third-order valence-electron chi connectivity index (χ3n) is 3.45. The standard InChI is InChI=1S/C11H18S4/c1-5-8(13-5)4-12-11(9-6(2)14-9)10-7(3)15-10/h5-11H,4H2,1-3H3. The van der Waals surface area contributed by atoms with E-state index in [4.69, 9.17) is 0 Å². The van der Waals surface area contributed by atoms with Crippen LogP contribution in [-0.4, -0.2) is 42.5 Å². The second kappa shape index (κ2) is 4.25. The minimum absolute atomic E-state index is 0.945. The molecule has 0 bridgehead atoms. The van der Waals surface area contributed by atoms with Crippen molar-refractivity contribution in [1.82, 2.24) is 0 Å². The van der Waals surface area contributed by atoms with Gasteiger partial charge in [-0.1, -0.05) is 20.8 Å². The first kappa shape index (κ1) is 11.5. The molecule has 6 unspecified atom stereocenters. The first-order valence-electron chi connectivity index (χ1n) is 5.75. The largest absolute Gasteiger partial charge is 0.155 e. The molecule has 0 amide bonds. The van der Waals surface area contributed by atoms with Crippen LogP contribution < -0.4 is 0 Å². The van der Waals surface area contributed by atoms with Crippen LogP contribution in [0.3, 0.4) is 0 Å². The highest BCUT2D eigenvalue weighted by molar-refractivity contribution is 8.13. The van der Waals surface area contributed by atoms with Gasteiger partial charge in [0, 0.05) is 42.5 Å². The third-order valence-corrected chi connectivity index (χ3v) is 9.75. The zero-order valence-electron chi connectivity index (χ0n) is 9.38. The molecule has 0 aliphatic carbocycles. The monoisotopic (exact) mass is 278 g/mol. The summed E-state index contributed by atoms with van der Waals surface area (Å²) in [6.45, 7) is 7.16. The molecule has 3 aliphatic heterocycles. The zero-order chi connectivity index (χ0) is 10.6. The average molecular weight is 279 g/mol. The molecule has 0 nitrogen and oxygen atoms in total. The van der Waals surface area contributed by atoms with Crippen LogP contribution in [0.5, 0.6) is 0 Å². The summed E-state index contributed by atoms with van der Waals surface area (Å²) in [5.41, 5.74) is 0. The summed E-state index contributed by atoms with van der Waals surface area (Å²) in [6, 6.07) is 0. The van der Waals surface area contributed by atoms with Gasteiger partial charge in [-0.25, -0.2) is 0 Å². The molecule has 0 aromatic carbocycles. The minimum atomic E-state index is 0.945. The number of hydrogen-bond donors (Lipinski definition) is 0. The highest BCUT2D eigenvalue weighted by Gasteiger charge is 2.52. The van der Waals surface area contributed by atoms with Crippen molar-refractivity contribution in [1.29, 1.82) is 0 Å². The molecular formula is C11H18S4. The van der Waals surface area contributed by atoms with E-state index in [1.54, 1.807) is 0 Å². The van der Waals surface area contributed by atoms with Crippen LogP contribution in [0, 0.1) is 0 Å². The summed E-state index contributed by atoms with van der Waals surface area (Å²) >= 11 is 8.85. The molecular weight excluding hydrogens is 260 g/mol. The van der Waals surface area contributed by atoms with E-state index in [9.17, 15) is 0 Å². The minimum Gasteiger partial charge on any atom is -0.155 e.